The SMILES string of the molecule is Fc1ccccc1N1c2ccccc2B2c3cc(-c4ccccc4)ccc3N3c4ccc(-c5ccccc5)cc4B4c5ccccc5Sc5cc1c2c3c54. The summed E-state index contributed by atoms with van der Waals surface area (Å²) >= 11 is 1.84. The van der Waals surface area contributed by atoms with E-state index in [1.165, 1.54) is 81.9 Å². The predicted octanol–water partition coefficient (Wildman–Crippen LogP) is 8.54. The van der Waals surface area contributed by atoms with Gasteiger partial charge in [-0.3, -0.25) is 0 Å². The minimum atomic E-state index is -0.238. The Morgan fingerprint density at radius 2 is 0.907 bits per heavy atom. The minimum Gasteiger partial charge on any atom is -0.312 e. The highest BCUT2D eigenvalue weighted by Crippen LogP contribution is 2.49. The number of fused-ring (bicyclic) bond motifs is 10. The summed E-state index contributed by atoms with van der Waals surface area (Å²) in [6.45, 7) is -0.0140. The largest absolute Gasteiger partial charge is 0.312 e. The average molecular weight is 706 g/mol. The van der Waals surface area contributed by atoms with Gasteiger partial charge in [-0.15, -0.1) is 0 Å². The third kappa shape index (κ3) is 4.14. The zero-order valence-electron chi connectivity index (χ0n) is 29.1. The van der Waals surface area contributed by atoms with E-state index < -0.39 is 0 Å². The maximum absolute atomic E-state index is 16.1. The van der Waals surface area contributed by atoms with Crippen LogP contribution in [0, 0.1) is 5.82 Å². The number of hydrogen-bond donors (Lipinski definition) is 0. The predicted molar refractivity (Wildman–Crippen MR) is 227 cm³/mol. The van der Waals surface area contributed by atoms with Gasteiger partial charge in [0.25, 0.3) is 6.71 Å². The zero-order valence-corrected chi connectivity index (χ0v) is 29.9. The summed E-state index contributed by atoms with van der Waals surface area (Å²) in [5.74, 6) is -0.238. The summed E-state index contributed by atoms with van der Waals surface area (Å²) in [6, 6.07) is 62.6. The molecule has 0 unspecified atom stereocenters. The maximum Gasteiger partial charge on any atom is 0.252 e. The van der Waals surface area contributed by atoms with Gasteiger partial charge >= 0.3 is 0 Å². The summed E-state index contributed by atoms with van der Waals surface area (Å²) in [7, 11) is 0. The average Bonchev–Trinajstić information content (AvgIpc) is 3.23. The van der Waals surface area contributed by atoms with Crippen LogP contribution in [0.4, 0.5) is 38.5 Å². The van der Waals surface area contributed by atoms with E-state index >= 15 is 4.39 Å². The topological polar surface area (TPSA) is 6.48 Å². The molecule has 4 heterocycles. The molecule has 6 heteroatoms. The molecular weight excluding hydrogens is 677 g/mol. The van der Waals surface area contributed by atoms with Crippen molar-refractivity contribution in [1.29, 1.82) is 0 Å². The molecule has 0 bridgehead atoms. The van der Waals surface area contributed by atoms with E-state index in [1.807, 2.05) is 23.9 Å². The molecule has 0 saturated heterocycles. The van der Waals surface area contributed by atoms with Crippen molar-refractivity contribution in [3.63, 3.8) is 0 Å². The first-order valence-electron chi connectivity index (χ1n) is 18.5. The van der Waals surface area contributed by atoms with Crippen LogP contribution in [0.5, 0.6) is 0 Å². The fraction of sp³-hybridized carbons (Fsp3) is 0. The van der Waals surface area contributed by atoms with Crippen LogP contribution in [-0.2, 0) is 0 Å². The summed E-state index contributed by atoms with van der Waals surface area (Å²) in [5.41, 5.74) is 18.7. The van der Waals surface area contributed by atoms with E-state index in [0.29, 0.717) is 5.69 Å². The lowest BCUT2D eigenvalue weighted by Gasteiger charge is -2.49. The second kappa shape index (κ2) is 11.4. The van der Waals surface area contributed by atoms with E-state index in [0.717, 1.165) is 11.4 Å². The molecule has 2 nitrogen and oxygen atoms in total. The highest BCUT2D eigenvalue weighted by Gasteiger charge is 2.50. The molecule has 250 valence electrons. The van der Waals surface area contributed by atoms with Gasteiger partial charge in [0.05, 0.1) is 5.69 Å². The van der Waals surface area contributed by atoms with Crippen molar-refractivity contribution in [3.8, 4) is 22.3 Å². The first-order chi connectivity index (χ1) is 26.7. The van der Waals surface area contributed by atoms with E-state index in [-0.39, 0.29) is 19.2 Å². The van der Waals surface area contributed by atoms with Crippen LogP contribution >= 0.6 is 11.8 Å². The van der Waals surface area contributed by atoms with E-state index in [4.69, 9.17) is 0 Å². The molecule has 0 radical (unpaired) electrons. The summed E-state index contributed by atoms with van der Waals surface area (Å²) in [4.78, 5) is 7.21. The summed E-state index contributed by atoms with van der Waals surface area (Å²) < 4.78 is 16.1. The minimum absolute atomic E-state index is 0.0394. The third-order valence-corrected chi connectivity index (χ3v) is 12.9. The maximum atomic E-state index is 16.1. The smallest absolute Gasteiger partial charge is 0.252 e. The molecule has 0 saturated carbocycles. The Bertz CT molecular complexity index is 2850. The molecule has 4 aliphatic rings. The van der Waals surface area contributed by atoms with Crippen molar-refractivity contribution in [2.75, 3.05) is 9.80 Å². The fourth-order valence-corrected chi connectivity index (χ4v) is 10.7. The molecule has 0 spiro atoms. The third-order valence-electron chi connectivity index (χ3n) is 11.8. The number of nitrogens with zero attached hydrogens (tertiary/aromatic N) is 2. The zero-order chi connectivity index (χ0) is 35.5. The van der Waals surface area contributed by atoms with Crippen molar-refractivity contribution in [2.24, 2.45) is 0 Å². The monoisotopic (exact) mass is 706 g/mol. The normalized spacial score (nSPS) is 13.8. The summed E-state index contributed by atoms with van der Waals surface area (Å²) in [5, 5.41) is 0. The molecular formula is C48H29B2FN2S. The number of rotatable bonds is 3. The molecule has 0 atom stereocenters. The lowest BCUT2D eigenvalue weighted by Crippen LogP contribution is -2.68. The van der Waals surface area contributed by atoms with Gasteiger partial charge in [-0.05, 0) is 92.0 Å². The number of para-hydroxylation sites is 2. The Morgan fingerprint density at radius 3 is 1.57 bits per heavy atom. The fourth-order valence-electron chi connectivity index (χ4n) is 9.55. The van der Waals surface area contributed by atoms with Crippen molar-refractivity contribution >= 4 is 92.1 Å². The van der Waals surface area contributed by atoms with Crippen molar-refractivity contribution in [1.82, 2.24) is 0 Å². The molecule has 0 aromatic heterocycles. The highest BCUT2D eigenvalue weighted by atomic mass is 32.2. The Kier molecular flexibility index (Phi) is 6.38. The van der Waals surface area contributed by atoms with Crippen molar-refractivity contribution < 1.29 is 4.39 Å². The van der Waals surface area contributed by atoms with Crippen molar-refractivity contribution in [3.05, 3.63) is 182 Å². The first-order valence-corrected chi connectivity index (χ1v) is 19.3. The van der Waals surface area contributed by atoms with Crippen LogP contribution < -0.4 is 42.6 Å². The van der Waals surface area contributed by atoms with Gasteiger partial charge in [0.2, 0.25) is 6.71 Å². The molecule has 8 aromatic rings. The first kappa shape index (κ1) is 30.3. The van der Waals surface area contributed by atoms with Gasteiger partial charge in [-0.1, -0.05) is 151 Å². The van der Waals surface area contributed by atoms with Gasteiger partial charge < -0.3 is 9.80 Å². The molecule has 0 amide bonds. The molecule has 0 aliphatic carbocycles. The molecule has 0 N–H and O–H groups in total. The Balaban J connectivity index is 1.22. The van der Waals surface area contributed by atoms with E-state index in [2.05, 4.69) is 161 Å². The number of anilines is 6. The standard InChI is InChI=1S/C48H29B2FN2S/c51-38-19-9-11-21-42(38)52-39-20-10-7-17-34(39)49-36-27-32(30-13-3-1-4-14-30)23-25-40(36)53-41-26-24-33(31-15-5-2-6-16-31)28-37(41)50-35-18-8-12-22-44(35)54-45-29-43(52)46(49)48(53)47(45)50/h1-29H. The number of hydrogen-bond acceptors (Lipinski definition) is 3. The van der Waals surface area contributed by atoms with Gasteiger partial charge in [0, 0.05) is 38.2 Å². The van der Waals surface area contributed by atoms with Crippen molar-refractivity contribution in [2.45, 2.75) is 9.79 Å². The van der Waals surface area contributed by atoms with Gasteiger partial charge in [0.1, 0.15) is 5.82 Å². The van der Waals surface area contributed by atoms with Crippen LogP contribution in [0.1, 0.15) is 0 Å². The highest BCUT2D eigenvalue weighted by molar-refractivity contribution is 8.00. The summed E-state index contributed by atoms with van der Waals surface area (Å²) in [6.07, 6.45) is 0. The van der Waals surface area contributed by atoms with Crippen LogP contribution in [0.25, 0.3) is 22.3 Å². The van der Waals surface area contributed by atoms with Gasteiger partial charge in [-0.2, -0.15) is 0 Å². The van der Waals surface area contributed by atoms with E-state index in [1.54, 1.807) is 12.1 Å². The molecule has 4 aliphatic heterocycles. The number of benzene rings is 8. The van der Waals surface area contributed by atoms with Crippen LogP contribution in [0.3, 0.4) is 0 Å². The second-order valence-electron chi connectivity index (χ2n) is 14.5. The second-order valence-corrected chi connectivity index (χ2v) is 15.6. The van der Waals surface area contributed by atoms with Gasteiger partial charge in [-0.25, -0.2) is 4.39 Å². The lowest BCUT2D eigenvalue weighted by atomic mass is 9.29. The lowest BCUT2D eigenvalue weighted by molar-refractivity contribution is 0.629. The Morgan fingerprint density at radius 1 is 0.370 bits per heavy atom. The molecule has 0 fully saturated rings. The van der Waals surface area contributed by atoms with Crippen LogP contribution in [0.15, 0.2) is 186 Å². The quantitative estimate of drug-likeness (QED) is 0.170. The van der Waals surface area contributed by atoms with E-state index in [9.17, 15) is 0 Å². The Hall–Kier alpha value is -6.23. The van der Waals surface area contributed by atoms with Crippen LogP contribution in [-0.4, -0.2) is 13.4 Å². The molecule has 8 aromatic carbocycles. The molecule has 12 rings (SSSR count). The van der Waals surface area contributed by atoms with Gasteiger partial charge in [0.15, 0.2) is 0 Å². The number of halogens is 1. The van der Waals surface area contributed by atoms with Crippen LogP contribution in [0.2, 0.25) is 0 Å². The molecule has 54 heavy (non-hydrogen) atoms. The Labute approximate surface area is 318 Å².